The first-order chi connectivity index (χ1) is 10.2. The SMILES string of the molecule is CCN(CC)c1cnn(Cc2cccc(CN)c2)c(=O)c1. The van der Waals surface area contributed by atoms with Crippen molar-refractivity contribution in [3.63, 3.8) is 0 Å². The molecule has 0 spiro atoms. The smallest absolute Gasteiger partial charge is 0.269 e. The minimum Gasteiger partial charge on any atom is -0.371 e. The van der Waals surface area contributed by atoms with Crippen molar-refractivity contribution in [1.29, 1.82) is 0 Å². The molecule has 1 aromatic carbocycles. The highest BCUT2D eigenvalue weighted by atomic mass is 16.1. The van der Waals surface area contributed by atoms with E-state index in [2.05, 4.69) is 23.8 Å². The predicted molar refractivity (Wildman–Crippen MR) is 85.5 cm³/mol. The molecule has 1 aromatic heterocycles. The van der Waals surface area contributed by atoms with Crippen molar-refractivity contribution < 1.29 is 0 Å². The molecule has 0 aliphatic rings. The highest BCUT2D eigenvalue weighted by molar-refractivity contribution is 5.42. The van der Waals surface area contributed by atoms with Crippen LogP contribution in [0.4, 0.5) is 5.69 Å². The Labute approximate surface area is 125 Å². The average Bonchev–Trinajstić information content (AvgIpc) is 2.51. The molecule has 5 nitrogen and oxygen atoms in total. The van der Waals surface area contributed by atoms with E-state index >= 15 is 0 Å². The summed E-state index contributed by atoms with van der Waals surface area (Å²) >= 11 is 0. The van der Waals surface area contributed by atoms with Crippen LogP contribution in [0.1, 0.15) is 25.0 Å². The van der Waals surface area contributed by atoms with Crippen molar-refractivity contribution in [2.75, 3.05) is 18.0 Å². The van der Waals surface area contributed by atoms with E-state index in [1.807, 2.05) is 24.3 Å². The van der Waals surface area contributed by atoms with Gasteiger partial charge in [0.1, 0.15) is 0 Å². The third-order valence-corrected chi connectivity index (χ3v) is 3.54. The maximum atomic E-state index is 12.2. The van der Waals surface area contributed by atoms with Gasteiger partial charge in [-0.05, 0) is 25.0 Å². The molecule has 0 fully saturated rings. The van der Waals surface area contributed by atoms with E-state index in [0.717, 1.165) is 29.9 Å². The zero-order valence-electron chi connectivity index (χ0n) is 12.6. The summed E-state index contributed by atoms with van der Waals surface area (Å²) in [6, 6.07) is 9.56. The van der Waals surface area contributed by atoms with Crippen molar-refractivity contribution >= 4 is 5.69 Å². The molecule has 2 N–H and O–H groups in total. The summed E-state index contributed by atoms with van der Waals surface area (Å²) in [6.45, 7) is 6.81. The van der Waals surface area contributed by atoms with Gasteiger partial charge in [-0.3, -0.25) is 4.79 Å². The van der Waals surface area contributed by atoms with Gasteiger partial charge < -0.3 is 10.6 Å². The zero-order valence-corrected chi connectivity index (χ0v) is 12.6. The minimum absolute atomic E-state index is 0.0856. The van der Waals surface area contributed by atoms with E-state index in [9.17, 15) is 4.79 Å². The fourth-order valence-electron chi connectivity index (χ4n) is 2.33. The number of nitrogens with zero attached hydrogens (tertiary/aromatic N) is 3. The molecular formula is C16H22N4O. The Morgan fingerprint density at radius 3 is 2.52 bits per heavy atom. The van der Waals surface area contributed by atoms with Crippen LogP contribution in [-0.2, 0) is 13.1 Å². The quantitative estimate of drug-likeness (QED) is 0.876. The van der Waals surface area contributed by atoms with Crippen LogP contribution in [0.2, 0.25) is 0 Å². The van der Waals surface area contributed by atoms with Crippen LogP contribution in [0, 0.1) is 0 Å². The fourth-order valence-corrected chi connectivity index (χ4v) is 2.33. The highest BCUT2D eigenvalue weighted by Gasteiger charge is 2.06. The lowest BCUT2D eigenvalue weighted by atomic mass is 10.1. The summed E-state index contributed by atoms with van der Waals surface area (Å²) < 4.78 is 1.47. The van der Waals surface area contributed by atoms with Crippen LogP contribution < -0.4 is 16.2 Å². The highest BCUT2D eigenvalue weighted by Crippen LogP contribution is 2.09. The molecule has 0 atom stereocenters. The van der Waals surface area contributed by atoms with E-state index in [1.54, 1.807) is 12.3 Å². The average molecular weight is 286 g/mol. The van der Waals surface area contributed by atoms with Crippen LogP contribution >= 0.6 is 0 Å². The summed E-state index contributed by atoms with van der Waals surface area (Å²) in [5, 5.41) is 4.28. The van der Waals surface area contributed by atoms with Gasteiger partial charge in [0.15, 0.2) is 0 Å². The van der Waals surface area contributed by atoms with Gasteiger partial charge in [0.2, 0.25) is 0 Å². The summed E-state index contributed by atoms with van der Waals surface area (Å²) in [6.07, 6.45) is 1.75. The van der Waals surface area contributed by atoms with Crippen molar-refractivity contribution in [2.45, 2.75) is 26.9 Å². The monoisotopic (exact) mass is 286 g/mol. The topological polar surface area (TPSA) is 64.2 Å². The number of hydrogen-bond donors (Lipinski definition) is 1. The molecule has 0 radical (unpaired) electrons. The Morgan fingerprint density at radius 2 is 1.90 bits per heavy atom. The molecular weight excluding hydrogens is 264 g/mol. The molecule has 21 heavy (non-hydrogen) atoms. The van der Waals surface area contributed by atoms with E-state index in [-0.39, 0.29) is 5.56 Å². The van der Waals surface area contributed by atoms with Gasteiger partial charge in [-0.2, -0.15) is 5.10 Å². The first-order valence-corrected chi connectivity index (χ1v) is 7.28. The number of hydrogen-bond acceptors (Lipinski definition) is 4. The number of aromatic nitrogens is 2. The molecule has 0 unspecified atom stereocenters. The fraction of sp³-hybridized carbons (Fsp3) is 0.375. The third-order valence-electron chi connectivity index (χ3n) is 3.54. The summed E-state index contributed by atoms with van der Waals surface area (Å²) in [5.41, 5.74) is 8.51. The van der Waals surface area contributed by atoms with Crippen LogP contribution in [0.3, 0.4) is 0 Å². The predicted octanol–water partition coefficient (Wildman–Crippen LogP) is 1.60. The Kier molecular flexibility index (Phi) is 5.11. The molecule has 2 rings (SSSR count). The summed E-state index contributed by atoms with van der Waals surface area (Å²) in [5.74, 6) is 0. The van der Waals surface area contributed by atoms with Crippen LogP contribution in [-0.4, -0.2) is 22.9 Å². The normalized spacial score (nSPS) is 10.6. The van der Waals surface area contributed by atoms with Gasteiger partial charge in [-0.15, -0.1) is 0 Å². The molecule has 112 valence electrons. The second kappa shape index (κ2) is 7.04. The Balaban J connectivity index is 2.23. The van der Waals surface area contributed by atoms with E-state index < -0.39 is 0 Å². The van der Waals surface area contributed by atoms with Crippen LogP contribution in [0.5, 0.6) is 0 Å². The van der Waals surface area contributed by atoms with Crippen molar-refractivity contribution in [2.24, 2.45) is 5.73 Å². The molecule has 5 heteroatoms. The van der Waals surface area contributed by atoms with Crippen LogP contribution in [0.15, 0.2) is 41.3 Å². The van der Waals surface area contributed by atoms with Gasteiger partial charge in [0.05, 0.1) is 18.4 Å². The van der Waals surface area contributed by atoms with Gasteiger partial charge in [0, 0.05) is 25.7 Å². The van der Waals surface area contributed by atoms with Gasteiger partial charge >= 0.3 is 0 Å². The molecule has 0 amide bonds. The Hall–Kier alpha value is -2.14. The lowest BCUT2D eigenvalue weighted by Crippen LogP contribution is -2.28. The molecule has 0 saturated carbocycles. The molecule has 0 saturated heterocycles. The van der Waals surface area contributed by atoms with Gasteiger partial charge in [0.25, 0.3) is 5.56 Å². The van der Waals surface area contributed by atoms with Crippen LogP contribution in [0.25, 0.3) is 0 Å². The van der Waals surface area contributed by atoms with E-state index in [0.29, 0.717) is 13.1 Å². The number of benzene rings is 1. The molecule has 2 aromatic rings. The number of anilines is 1. The Morgan fingerprint density at radius 1 is 1.19 bits per heavy atom. The van der Waals surface area contributed by atoms with Gasteiger partial charge in [-0.1, -0.05) is 24.3 Å². The van der Waals surface area contributed by atoms with Gasteiger partial charge in [-0.25, -0.2) is 4.68 Å². The van der Waals surface area contributed by atoms with Crippen molar-refractivity contribution in [3.8, 4) is 0 Å². The van der Waals surface area contributed by atoms with Crippen molar-refractivity contribution in [3.05, 3.63) is 58.0 Å². The second-order valence-electron chi connectivity index (χ2n) is 4.91. The Bertz CT molecular complexity index is 647. The van der Waals surface area contributed by atoms with E-state index in [4.69, 9.17) is 5.73 Å². The van der Waals surface area contributed by atoms with Crippen molar-refractivity contribution in [1.82, 2.24) is 9.78 Å². The standard InChI is InChI=1S/C16H22N4O/c1-3-19(4-2)15-9-16(21)20(18-11-15)12-14-7-5-6-13(8-14)10-17/h5-9,11H,3-4,10,12,17H2,1-2H3. The lowest BCUT2D eigenvalue weighted by molar-refractivity contribution is 0.636. The number of nitrogens with two attached hydrogens (primary N) is 1. The first-order valence-electron chi connectivity index (χ1n) is 7.28. The third kappa shape index (κ3) is 3.70. The number of rotatable bonds is 6. The minimum atomic E-state index is -0.0856. The largest absolute Gasteiger partial charge is 0.371 e. The molecule has 1 heterocycles. The molecule has 0 bridgehead atoms. The van der Waals surface area contributed by atoms with E-state index in [1.165, 1.54) is 4.68 Å². The summed E-state index contributed by atoms with van der Waals surface area (Å²) in [7, 11) is 0. The maximum Gasteiger partial charge on any atom is 0.269 e. The molecule has 0 aliphatic heterocycles. The second-order valence-corrected chi connectivity index (χ2v) is 4.91. The first kappa shape index (κ1) is 15.3. The molecule has 0 aliphatic carbocycles. The maximum absolute atomic E-state index is 12.2. The lowest BCUT2D eigenvalue weighted by Gasteiger charge is -2.20. The zero-order chi connectivity index (χ0) is 15.2. The summed E-state index contributed by atoms with van der Waals surface area (Å²) in [4.78, 5) is 14.3.